The summed E-state index contributed by atoms with van der Waals surface area (Å²) in [6.45, 7) is 0. The molecule has 0 bridgehead atoms. The molecule has 1 fully saturated rings. The first-order chi connectivity index (χ1) is 6.74. The molecule has 0 atom stereocenters. The minimum atomic E-state index is 0.389. The Labute approximate surface area is 97.5 Å². The predicted octanol–water partition coefficient (Wildman–Crippen LogP) is 4.42. The first kappa shape index (κ1) is 10.3. The third kappa shape index (κ3) is 2.64. The third-order valence-electron chi connectivity index (χ3n) is 2.44. The Bertz CT molecular complexity index is 301. The second-order valence-electron chi connectivity index (χ2n) is 3.63. The maximum absolute atomic E-state index is 5.93. The Morgan fingerprint density at radius 2 is 1.93 bits per heavy atom. The van der Waals surface area contributed by atoms with Crippen molar-refractivity contribution in [2.75, 3.05) is 0 Å². The fourth-order valence-electron chi connectivity index (χ4n) is 1.80. The molecule has 1 aliphatic carbocycles. The van der Waals surface area contributed by atoms with Crippen molar-refractivity contribution in [2.24, 2.45) is 0 Å². The molecule has 1 saturated carbocycles. The van der Waals surface area contributed by atoms with Gasteiger partial charge < -0.3 is 4.74 Å². The summed E-state index contributed by atoms with van der Waals surface area (Å²) in [6.07, 6.45) is 5.30. The zero-order chi connectivity index (χ0) is 9.97. The minimum absolute atomic E-state index is 0.389. The molecule has 0 N–H and O–H groups in total. The second kappa shape index (κ2) is 4.54. The molecule has 0 aromatic heterocycles. The summed E-state index contributed by atoms with van der Waals surface area (Å²) in [5.74, 6) is 0.872. The van der Waals surface area contributed by atoms with Gasteiger partial charge in [-0.1, -0.05) is 27.5 Å². The van der Waals surface area contributed by atoms with Crippen LogP contribution in [0.3, 0.4) is 0 Å². The van der Waals surface area contributed by atoms with E-state index >= 15 is 0 Å². The SMILES string of the molecule is Clc1cc(Br)cc(OC2CCCC2)c1. The van der Waals surface area contributed by atoms with Crippen LogP contribution in [0.1, 0.15) is 25.7 Å². The fourth-order valence-corrected chi connectivity index (χ4v) is 2.62. The highest BCUT2D eigenvalue weighted by Gasteiger charge is 2.16. The van der Waals surface area contributed by atoms with Gasteiger partial charge in [0.15, 0.2) is 0 Å². The van der Waals surface area contributed by atoms with Crippen LogP contribution in [0.2, 0.25) is 5.02 Å². The third-order valence-corrected chi connectivity index (χ3v) is 3.12. The van der Waals surface area contributed by atoms with Crippen molar-refractivity contribution in [3.05, 3.63) is 27.7 Å². The molecule has 0 unspecified atom stereocenters. The number of halogens is 2. The highest BCUT2D eigenvalue weighted by Crippen LogP contribution is 2.28. The van der Waals surface area contributed by atoms with Gasteiger partial charge in [-0.05, 0) is 43.9 Å². The van der Waals surface area contributed by atoms with E-state index in [2.05, 4.69) is 15.9 Å². The van der Waals surface area contributed by atoms with Gasteiger partial charge in [0, 0.05) is 9.50 Å². The van der Waals surface area contributed by atoms with Crippen molar-refractivity contribution in [2.45, 2.75) is 31.8 Å². The van der Waals surface area contributed by atoms with E-state index in [1.807, 2.05) is 18.2 Å². The van der Waals surface area contributed by atoms with Gasteiger partial charge in [-0.15, -0.1) is 0 Å². The molecular formula is C11H12BrClO. The molecule has 2 rings (SSSR count). The Kier molecular flexibility index (Phi) is 3.34. The van der Waals surface area contributed by atoms with Crippen LogP contribution in [0.15, 0.2) is 22.7 Å². The van der Waals surface area contributed by atoms with Crippen LogP contribution in [0.25, 0.3) is 0 Å². The van der Waals surface area contributed by atoms with Crippen molar-refractivity contribution in [3.63, 3.8) is 0 Å². The Morgan fingerprint density at radius 1 is 1.21 bits per heavy atom. The van der Waals surface area contributed by atoms with Gasteiger partial charge in [0.2, 0.25) is 0 Å². The average molecular weight is 276 g/mol. The number of hydrogen-bond acceptors (Lipinski definition) is 1. The van der Waals surface area contributed by atoms with Crippen molar-refractivity contribution in [1.82, 2.24) is 0 Å². The lowest BCUT2D eigenvalue weighted by molar-refractivity contribution is 0.210. The van der Waals surface area contributed by atoms with E-state index in [-0.39, 0.29) is 0 Å². The van der Waals surface area contributed by atoms with Gasteiger partial charge in [-0.25, -0.2) is 0 Å². The van der Waals surface area contributed by atoms with E-state index in [1.54, 1.807) is 0 Å². The van der Waals surface area contributed by atoms with Crippen molar-refractivity contribution in [1.29, 1.82) is 0 Å². The molecule has 0 saturated heterocycles. The molecule has 3 heteroatoms. The summed E-state index contributed by atoms with van der Waals surface area (Å²) in [7, 11) is 0. The van der Waals surface area contributed by atoms with Crippen LogP contribution in [-0.4, -0.2) is 6.10 Å². The monoisotopic (exact) mass is 274 g/mol. The van der Waals surface area contributed by atoms with Gasteiger partial charge in [-0.3, -0.25) is 0 Å². The maximum Gasteiger partial charge on any atom is 0.122 e. The first-order valence-electron chi connectivity index (χ1n) is 4.87. The number of hydrogen-bond donors (Lipinski definition) is 0. The zero-order valence-corrected chi connectivity index (χ0v) is 10.1. The summed E-state index contributed by atoms with van der Waals surface area (Å²) in [5.41, 5.74) is 0. The summed E-state index contributed by atoms with van der Waals surface area (Å²) < 4.78 is 6.79. The lowest BCUT2D eigenvalue weighted by Crippen LogP contribution is -2.10. The molecule has 1 aromatic rings. The topological polar surface area (TPSA) is 9.23 Å². The quantitative estimate of drug-likeness (QED) is 0.776. The van der Waals surface area contributed by atoms with Crippen LogP contribution in [0, 0.1) is 0 Å². The van der Waals surface area contributed by atoms with E-state index < -0.39 is 0 Å². The van der Waals surface area contributed by atoms with Crippen molar-refractivity contribution in [3.8, 4) is 5.75 Å². The first-order valence-corrected chi connectivity index (χ1v) is 6.04. The molecule has 76 valence electrons. The van der Waals surface area contributed by atoms with E-state index in [4.69, 9.17) is 16.3 Å². The van der Waals surface area contributed by atoms with E-state index in [9.17, 15) is 0 Å². The average Bonchev–Trinajstić information content (AvgIpc) is 2.54. The zero-order valence-electron chi connectivity index (χ0n) is 7.80. The molecule has 0 amide bonds. The molecule has 1 nitrogen and oxygen atoms in total. The molecular weight excluding hydrogens is 263 g/mol. The van der Waals surface area contributed by atoms with Crippen LogP contribution < -0.4 is 4.74 Å². The summed E-state index contributed by atoms with van der Waals surface area (Å²) in [5, 5.41) is 0.715. The van der Waals surface area contributed by atoms with Crippen LogP contribution in [0.5, 0.6) is 5.75 Å². The predicted molar refractivity (Wildman–Crippen MR) is 62.0 cm³/mol. The van der Waals surface area contributed by atoms with Gasteiger partial charge >= 0.3 is 0 Å². The Morgan fingerprint density at radius 3 is 2.57 bits per heavy atom. The van der Waals surface area contributed by atoms with Crippen molar-refractivity contribution >= 4 is 27.5 Å². The van der Waals surface area contributed by atoms with Gasteiger partial charge in [0.25, 0.3) is 0 Å². The van der Waals surface area contributed by atoms with E-state index in [1.165, 1.54) is 25.7 Å². The highest BCUT2D eigenvalue weighted by molar-refractivity contribution is 9.10. The molecule has 0 radical (unpaired) electrons. The summed E-state index contributed by atoms with van der Waals surface area (Å²) >= 11 is 9.32. The molecule has 0 spiro atoms. The summed E-state index contributed by atoms with van der Waals surface area (Å²) in [6, 6.07) is 5.69. The standard InChI is InChI=1S/C11H12BrClO/c12-8-5-9(13)7-11(6-8)14-10-3-1-2-4-10/h5-7,10H,1-4H2. The minimum Gasteiger partial charge on any atom is -0.490 e. The van der Waals surface area contributed by atoms with Crippen LogP contribution >= 0.6 is 27.5 Å². The largest absolute Gasteiger partial charge is 0.490 e. The number of benzene rings is 1. The van der Waals surface area contributed by atoms with E-state index in [0.29, 0.717) is 11.1 Å². The smallest absolute Gasteiger partial charge is 0.122 e. The second-order valence-corrected chi connectivity index (χ2v) is 4.98. The lowest BCUT2D eigenvalue weighted by atomic mass is 10.3. The van der Waals surface area contributed by atoms with Crippen LogP contribution in [-0.2, 0) is 0 Å². The number of rotatable bonds is 2. The number of ether oxygens (including phenoxy) is 1. The maximum atomic E-state index is 5.93. The van der Waals surface area contributed by atoms with Gasteiger partial charge in [-0.2, -0.15) is 0 Å². The van der Waals surface area contributed by atoms with Gasteiger partial charge in [0.1, 0.15) is 5.75 Å². The Balaban J connectivity index is 2.07. The fraction of sp³-hybridized carbons (Fsp3) is 0.455. The molecule has 1 aliphatic rings. The van der Waals surface area contributed by atoms with E-state index in [0.717, 1.165) is 10.2 Å². The molecule has 14 heavy (non-hydrogen) atoms. The normalized spacial score (nSPS) is 17.3. The molecule has 1 aromatic carbocycles. The van der Waals surface area contributed by atoms with Crippen LogP contribution in [0.4, 0.5) is 0 Å². The lowest BCUT2D eigenvalue weighted by Gasteiger charge is -2.13. The molecule has 0 heterocycles. The summed E-state index contributed by atoms with van der Waals surface area (Å²) in [4.78, 5) is 0. The Hall–Kier alpha value is -0.210. The van der Waals surface area contributed by atoms with Gasteiger partial charge in [0.05, 0.1) is 6.10 Å². The van der Waals surface area contributed by atoms with Crippen molar-refractivity contribution < 1.29 is 4.74 Å². The molecule has 0 aliphatic heterocycles. The highest BCUT2D eigenvalue weighted by atomic mass is 79.9.